The molecule has 108 valence electrons. The van der Waals surface area contributed by atoms with Gasteiger partial charge in [-0.2, -0.15) is 9.97 Å². The molecule has 1 saturated heterocycles. The summed E-state index contributed by atoms with van der Waals surface area (Å²) >= 11 is 5.71. The van der Waals surface area contributed by atoms with E-state index in [9.17, 15) is 9.50 Å². The number of halogens is 2. The zero-order valence-electron chi connectivity index (χ0n) is 10.0. The molecule has 3 heterocycles. The molecule has 0 aromatic carbocycles. The van der Waals surface area contributed by atoms with Gasteiger partial charge in [-0.05, 0) is 11.6 Å². The number of hydrogen-bond donors (Lipinski definition) is 3. The van der Waals surface area contributed by atoms with Gasteiger partial charge in [-0.15, -0.1) is 0 Å². The predicted octanol–water partition coefficient (Wildman–Crippen LogP) is -0.349. The van der Waals surface area contributed by atoms with E-state index in [1.807, 2.05) is 0 Å². The molecule has 2 aromatic heterocycles. The summed E-state index contributed by atoms with van der Waals surface area (Å²) in [5.74, 6) is 0.0615. The lowest BCUT2D eigenvalue weighted by Crippen LogP contribution is -2.30. The van der Waals surface area contributed by atoms with Crippen molar-refractivity contribution in [2.75, 3.05) is 12.3 Å². The van der Waals surface area contributed by atoms with E-state index in [1.165, 1.54) is 10.9 Å². The normalized spacial score (nSPS) is 30.2. The van der Waals surface area contributed by atoms with Gasteiger partial charge >= 0.3 is 0 Å². The van der Waals surface area contributed by atoms with Gasteiger partial charge in [0, 0.05) is 0 Å². The van der Waals surface area contributed by atoms with Gasteiger partial charge in [0.05, 0.1) is 12.9 Å². The molecule has 4 atom stereocenters. The van der Waals surface area contributed by atoms with Gasteiger partial charge in [0.15, 0.2) is 23.9 Å². The average Bonchev–Trinajstić information content (AvgIpc) is 2.93. The molecule has 0 saturated carbocycles. The van der Waals surface area contributed by atoms with Crippen LogP contribution in [0, 0.1) is 0 Å². The summed E-state index contributed by atoms with van der Waals surface area (Å²) in [7, 11) is 0. The van der Waals surface area contributed by atoms with Gasteiger partial charge in [0.1, 0.15) is 17.7 Å². The van der Waals surface area contributed by atoms with E-state index in [0.717, 1.165) is 0 Å². The van der Waals surface area contributed by atoms with E-state index < -0.39 is 31.2 Å². The maximum Gasteiger partial charge on any atom is 0.226 e. The number of hydrogen-bond acceptors (Lipinski definition) is 7. The van der Waals surface area contributed by atoms with E-state index in [2.05, 4.69) is 15.0 Å². The van der Waals surface area contributed by atoms with Gasteiger partial charge in [-0.3, -0.25) is 4.57 Å². The molecule has 3 rings (SSSR count). The summed E-state index contributed by atoms with van der Waals surface area (Å²) in [6, 6.07) is 0. The molecule has 20 heavy (non-hydrogen) atoms. The third-order valence-corrected chi connectivity index (χ3v) is 3.34. The Morgan fingerprint density at radius 3 is 2.90 bits per heavy atom. The van der Waals surface area contributed by atoms with Crippen molar-refractivity contribution in [3.63, 3.8) is 0 Å². The number of nitrogens with zero attached hydrogens (tertiary/aromatic N) is 4. The highest BCUT2D eigenvalue weighted by Gasteiger charge is 2.45. The number of rotatable bonds is 2. The minimum absolute atomic E-state index is 0.0615. The molecule has 4 N–H and O–H groups in total. The molecule has 0 aliphatic carbocycles. The van der Waals surface area contributed by atoms with Crippen molar-refractivity contribution in [2.24, 2.45) is 0 Å². The van der Waals surface area contributed by atoms with Crippen molar-refractivity contribution in [3.8, 4) is 0 Å². The summed E-state index contributed by atoms with van der Waals surface area (Å²) in [5, 5.41) is 18.6. The highest BCUT2D eigenvalue weighted by Crippen LogP contribution is 2.34. The number of ether oxygens (including phenoxy) is 1. The second-order valence-corrected chi connectivity index (χ2v) is 4.72. The van der Waals surface area contributed by atoms with Crippen LogP contribution in [-0.2, 0) is 4.74 Å². The number of imidazole rings is 1. The summed E-state index contributed by atoms with van der Waals surface area (Å²) in [6.45, 7) is -0.497. The Labute approximate surface area is 117 Å². The van der Waals surface area contributed by atoms with Crippen molar-refractivity contribution in [1.29, 1.82) is 0 Å². The van der Waals surface area contributed by atoms with Crippen LogP contribution < -0.4 is 5.73 Å². The van der Waals surface area contributed by atoms with Crippen LogP contribution in [-0.4, -0.2) is 54.7 Å². The molecule has 10 heteroatoms. The zero-order chi connectivity index (χ0) is 14.4. The maximum atomic E-state index is 14.1. The Balaban J connectivity index is 2.07. The van der Waals surface area contributed by atoms with Gasteiger partial charge in [0.25, 0.3) is 0 Å². The standard InChI is InChI=1S/C10H11ClFN5O3/c11-10-15-7(13)5-8(16-10)17(2-14-5)9-4(12)6(19)3(1-18)20-9/h2-4,6,9,18-19H,1H2,(H2,13,15,16)/t3-,4+,6-,9?/m1/s1. The lowest BCUT2D eigenvalue weighted by molar-refractivity contribution is -0.0459. The molecule has 0 spiro atoms. The highest BCUT2D eigenvalue weighted by molar-refractivity contribution is 6.28. The summed E-state index contributed by atoms with van der Waals surface area (Å²) in [6.07, 6.45) is -4.08. The van der Waals surface area contributed by atoms with E-state index in [4.69, 9.17) is 27.2 Å². The SMILES string of the molecule is Nc1nc(Cl)nc2c1ncn2C1O[C@H](CO)[C@@H](O)[C@@H]1F. The second-order valence-electron chi connectivity index (χ2n) is 4.38. The third-order valence-electron chi connectivity index (χ3n) is 3.17. The monoisotopic (exact) mass is 303 g/mol. The largest absolute Gasteiger partial charge is 0.394 e. The third kappa shape index (κ3) is 1.90. The Morgan fingerprint density at radius 2 is 2.25 bits per heavy atom. The lowest BCUT2D eigenvalue weighted by atomic mass is 10.1. The van der Waals surface area contributed by atoms with Crippen LogP contribution >= 0.6 is 11.6 Å². The van der Waals surface area contributed by atoms with Crippen molar-refractivity contribution >= 4 is 28.6 Å². The van der Waals surface area contributed by atoms with E-state index >= 15 is 0 Å². The number of alkyl halides is 1. The van der Waals surface area contributed by atoms with Crippen LogP contribution in [0.5, 0.6) is 0 Å². The average molecular weight is 304 g/mol. The Morgan fingerprint density at radius 1 is 1.50 bits per heavy atom. The fraction of sp³-hybridized carbons (Fsp3) is 0.500. The molecular weight excluding hydrogens is 293 g/mol. The van der Waals surface area contributed by atoms with E-state index in [0.29, 0.717) is 0 Å². The van der Waals surface area contributed by atoms with Crippen LogP contribution in [0.3, 0.4) is 0 Å². The fourth-order valence-electron chi connectivity index (χ4n) is 2.18. The number of nitrogens with two attached hydrogens (primary N) is 1. The molecule has 0 bridgehead atoms. The van der Waals surface area contributed by atoms with Crippen molar-refractivity contribution in [1.82, 2.24) is 19.5 Å². The summed E-state index contributed by atoms with van der Waals surface area (Å²) < 4.78 is 20.6. The Hall–Kier alpha value is -1.55. The number of anilines is 1. The molecule has 8 nitrogen and oxygen atoms in total. The highest BCUT2D eigenvalue weighted by atomic mass is 35.5. The Bertz CT molecular complexity index is 653. The minimum Gasteiger partial charge on any atom is -0.394 e. The molecule has 0 radical (unpaired) electrons. The van der Waals surface area contributed by atoms with Gasteiger partial charge < -0.3 is 20.7 Å². The predicted molar refractivity (Wildman–Crippen MR) is 66.6 cm³/mol. The van der Waals surface area contributed by atoms with Crippen LogP contribution in [0.1, 0.15) is 6.23 Å². The summed E-state index contributed by atoms with van der Waals surface area (Å²) in [4.78, 5) is 11.7. The topological polar surface area (TPSA) is 119 Å². The van der Waals surface area contributed by atoms with Gasteiger partial charge in [0.2, 0.25) is 5.28 Å². The number of fused-ring (bicyclic) bond motifs is 1. The Kier molecular flexibility index (Phi) is 3.21. The van der Waals surface area contributed by atoms with Crippen LogP contribution in [0.25, 0.3) is 11.2 Å². The smallest absolute Gasteiger partial charge is 0.226 e. The zero-order valence-corrected chi connectivity index (χ0v) is 10.8. The number of aliphatic hydroxyl groups excluding tert-OH is 2. The first-order chi connectivity index (χ1) is 9.52. The summed E-state index contributed by atoms with van der Waals surface area (Å²) in [5.41, 5.74) is 6.10. The quantitative estimate of drug-likeness (QED) is 0.649. The molecule has 0 amide bonds. The number of nitrogen functional groups attached to an aromatic ring is 1. The van der Waals surface area contributed by atoms with Crippen LogP contribution in [0.4, 0.5) is 10.2 Å². The molecular formula is C10H11ClFN5O3. The molecule has 1 aliphatic rings. The first-order valence-electron chi connectivity index (χ1n) is 5.77. The molecule has 1 aliphatic heterocycles. The molecule has 2 aromatic rings. The second kappa shape index (κ2) is 4.77. The van der Waals surface area contributed by atoms with Gasteiger partial charge in [-0.1, -0.05) is 0 Å². The minimum atomic E-state index is -1.74. The maximum absolute atomic E-state index is 14.1. The van der Waals surface area contributed by atoms with Crippen LogP contribution in [0.2, 0.25) is 5.28 Å². The molecule has 1 fully saturated rings. The van der Waals surface area contributed by atoms with E-state index in [1.54, 1.807) is 0 Å². The van der Waals surface area contributed by atoms with E-state index in [-0.39, 0.29) is 22.3 Å². The van der Waals surface area contributed by atoms with Crippen LogP contribution in [0.15, 0.2) is 6.33 Å². The van der Waals surface area contributed by atoms with Crippen molar-refractivity contribution < 1.29 is 19.3 Å². The first-order valence-corrected chi connectivity index (χ1v) is 6.14. The number of aromatic nitrogens is 4. The van der Waals surface area contributed by atoms with Gasteiger partial charge in [-0.25, -0.2) is 9.37 Å². The number of aliphatic hydroxyl groups is 2. The first kappa shape index (κ1) is 13.4. The lowest BCUT2D eigenvalue weighted by Gasteiger charge is -2.15. The molecule has 1 unspecified atom stereocenters. The van der Waals surface area contributed by atoms with Crippen molar-refractivity contribution in [3.05, 3.63) is 11.6 Å². The fourth-order valence-corrected chi connectivity index (χ4v) is 2.35. The van der Waals surface area contributed by atoms with Crippen molar-refractivity contribution in [2.45, 2.75) is 24.6 Å².